The Morgan fingerprint density at radius 3 is 1.44 bits per heavy atom. The Labute approximate surface area is 152 Å². The van der Waals surface area contributed by atoms with Crippen LogP contribution in [-0.2, 0) is 4.75 Å². The van der Waals surface area contributed by atoms with E-state index in [9.17, 15) is 0 Å². The molecule has 0 aromatic heterocycles. The van der Waals surface area contributed by atoms with Gasteiger partial charge < -0.3 is 5.21 Å². The monoisotopic (exact) mass is 345 g/mol. The quantitative estimate of drug-likeness (QED) is 0.269. The largest absolute Gasteiger partial charge is 0.411 e. The Balaban J connectivity index is 2.23. The van der Waals surface area contributed by atoms with Crippen molar-refractivity contribution in [1.29, 1.82) is 0 Å². The third kappa shape index (κ3) is 3.67. The fraction of sp³-hybridized carbons (Fsp3) is 0.0455. The SMILES string of the molecule is O/N=C\C=C/SC(c1ccccc1)(c1ccccc1)c1ccccc1. The molecule has 0 unspecified atom stereocenters. The topological polar surface area (TPSA) is 32.6 Å². The minimum atomic E-state index is -0.385. The van der Waals surface area contributed by atoms with E-state index in [4.69, 9.17) is 5.21 Å². The summed E-state index contributed by atoms with van der Waals surface area (Å²) in [6, 6.07) is 31.4. The summed E-state index contributed by atoms with van der Waals surface area (Å²) in [6.45, 7) is 0. The predicted octanol–water partition coefficient (Wildman–Crippen LogP) is 5.69. The van der Waals surface area contributed by atoms with Gasteiger partial charge in [-0.05, 0) is 28.2 Å². The molecule has 25 heavy (non-hydrogen) atoms. The Kier molecular flexibility index (Phi) is 5.70. The Hall–Kier alpha value is -2.78. The molecule has 2 nitrogen and oxygen atoms in total. The zero-order chi connectivity index (χ0) is 17.4. The molecule has 0 radical (unpaired) electrons. The second-order valence-corrected chi connectivity index (χ2v) is 6.61. The van der Waals surface area contributed by atoms with Crippen LogP contribution in [0.25, 0.3) is 0 Å². The third-order valence-corrected chi connectivity index (χ3v) is 5.37. The second kappa shape index (κ2) is 8.36. The van der Waals surface area contributed by atoms with Crippen molar-refractivity contribution >= 4 is 18.0 Å². The van der Waals surface area contributed by atoms with Crippen LogP contribution in [0.15, 0.2) is 108 Å². The average Bonchev–Trinajstić information content (AvgIpc) is 2.70. The van der Waals surface area contributed by atoms with Gasteiger partial charge in [-0.2, -0.15) is 0 Å². The van der Waals surface area contributed by atoms with Gasteiger partial charge in [0.1, 0.15) is 0 Å². The van der Waals surface area contributed by atoms with Gasteiger partial charge >= 0.3 is 0 Å². The molecular formula is C22H19NOS. The summed E-state index contributed by atoms with van der Waals surface area (Å²) >= 11 is 1.69. The van der Waals surface area contributed by atoms with Crippen LogP contribution in [0.3, 0.4) is 0 Å². The highest BCUT2D eigenvalue weighted by molar-refractivity contribution is 8.03. The van der Waals surface area contributed by atoms with E-state index in [-0.39, 0.29) is 4.75 Å². The third-order valence-electron chi connectivity index (χ3n) is 4.02. The van der Waals surface area contributed by atoms with Crippen LogP contribution in [0.2, 0.25) is 0 Å². The highest BCUT2D eigenvalue weighted by Crippen LogP contribution is 2.48. The lowest BCUT2D eigenvalue weighted by Gasteiger charge is -2.34. The fourth-order valence-electron chi connectivity index (χ4n) is 2.94. The molecule has 0 atom stereocenters. The van der Waals surface area contributed by atoms with Gasteiger partial charge in [-0.25, -0.2) is 0 Å². The van der Waals surface area contributed by atoms with E-state index >= 15 is 0 Å². The van der Waals surface area contributed by atoms with E-state index in [2.05, 4.69) is 78.0 Å². The molecule has 1 N–H and O–H groups in total. The molecule has 0 aliphatic heterocycles. The number of hydrogen-bond acceptors (Lipinski definition) is 3. The van der Waals surface area contributed by atoms with Crippen LogP contribution >= 0.6 is 11.8 Å². The lowest BCUT2D eigenvalue weighted by molar-refractivity contribution is 0.322. The van der Waals surface area contributed by atoms with Crippen molar-refractivity contribution in [3.63, 3.8) is 0 Å². The maximum absolute atomic E-state index is 8.66. The molecular weight excluding hydrogens is 326 g/mol. The highest BCUT2D eigenvalue weighted by atomic mass is 32.2. The van der Waals surface area contributed by atoms with Gasteiger partial charge in [-0.15, -0.1) is 11.8 Å². The van der Waals surface area contributed by atoms with Crippen molar-refractivity contribution in [3.8, 4) is 0 Å². The number of hydrogen-bond donors (Lipinski definition) is 1. The highest BCUT2D eigenvalue weighted by Gasteiger charge is 2.36. The van der Waals surface area contributed by atoms with E-state index < -0.39 is 0 Å². The number of allylic oxidation sites excluding steroid dienone is 1. The van der Waals surface area contributed by atoms with Crippen LogP contribution in [0.4, 0.5) is 0 Å². The molecule has 3 rings (SSSR count). The first-order chi connectivity index (χ1) is 12.4. The van der Waals surface area contributed by atoms with Crippen molar-refractivity contribution in [1.82, 2.24) is 0 Å². The van der Waals surface area contributed by atoms with Gasteiger partial charge in [0.05, 0.1) is 11.0 Å². The minimum absolute atomic E-state index is 0.385. The second-order valence-electron chi connectivity index (χ2n) is 5.49. The molecule has 3 aromatic carbocycles. The number of oxime groups is 1. The molecule has 0 aliphatic rings. The molecule has 0 aliphatic carbocycles. The normalized spacial score (nSPS) is 12.0. The lowest BCUT2D eigenvalue weighted by Crippen LogP contribution is -2.24. The number of thioether (sulfide) groups is 1. The van der Waals surface area contributed by atoms with Crippen LogP contribution < -0.4 is 0 Å². The van der Waals surface area contributed by atoms with Gasteiger partial charge in [0.2, 0.25) is 0 Å². The lowest BCUT2D eigenvalue weighted by atomic mass is 9.84. The summed E-state index contributed by atoms with van der Waals surface area (Å²) in [7, 11) is 0. The van der Waals surface area contributed by atoms with Crippen LogP contribution in [0, 0.1) is 0 Å². The Bertz CT molecular complexity index is 733. The first-order valence-corrected chi connectivity index (χ1v) is 8.93. The molecule has 3 heteroatoms. The fourth-order valence-corrected chi connectivity index (χ4v) is 4.11. The summed E-state index contributed by atoms with van der Waals surface area (Å²) in [4.78, 5) is 0. The van der Waals surface area contributed by atoms with Crippen LogP contribution in [0.1, 0.15) is 16.7 Å². The van der Waals surface area contributed by atoms with Crippen molar-refractivity contribution in [2.24, 2.45) is 5.16 Å². The molecule has 0 heterocycles. The van der Waals surface area contributed by atoms with E-state index in [0.717, 1.165) is 0 Å². The van der Waals surface area contributed by atoms with E-state index in [1.54, 1.807) is 17.8 Å². The predicted molar refractivity (Wildman–Crippen MR) is 106 cm³/mol. The minimum Gasteiger partial charge on any atom is -0.411 e. The smallest absolute Gasteiger partial charge is 0.0948 e. The van der Waals surface area contributed by atoms with Crippen molar-refractivity contribution < 1.29 is 5.21 Å². The van der Waals surface area contributed by atoms with Crippen molar-refractivity contribution in [2.75, 3.05) is 0 Å². The Morgan fingerprint density at radius 2 is 1.08 bits per heavy atom. The maximum atomic E-state index is 8.66. The van der Waals surface area contributed by atoms with Gasteiger partial charge in [-0.3, -0.25) is 0 Å². The summed E-state index contributed by atoms with van der Waals surface area (Å²) in [5.41, 5.74) is 3.59. The van der Waals surface area contributed by atoms with Gasteiger partial charge in [0.25, 0.3) is 0 Å². The van der Waals surface area contributed by atoms with E-state index in [1.807, 2.05) is 23.6 Å². The summed E-state index contributed by atoms with van der Waals surface area (Å²) in [5.74, 6) is 0. The van der Waals surface area contributed by atoms with E-state index in [1.165, 1.54) is 22.9 Å². The average molecular weight is 345 g/mol. The van der Waals surface area contributed by atoms with Crippen molar-refractivity contribution in [2.45, 2.75) is 4.75 Å². The van der Waals surface area contributed by atoms with Gasteiger partial charge in [-0.1, -0.05) is 96.2 Å². The number of nitrogens with zero attached hydrogens (tertiary/aromatic N) is 1. The molecule has 0 spiro atoms. The van der Waals surface area contributed by atoms with Crippen molar-refractivity contribution in [3.05, 3.63) is 119 Å². The molecule has 0 fully saturated rings. The number of benzene rings is 3. The molecule has 0 saturated carbocycles. The Morgan fingerprint density at radius 1 is 0.680 bits per heavy atom. The zero-order valence-electron chi connectivity index (χ0n) is 13.7. The van der Waals surface area contributed by atoms with Gasteiger partial charge in [0, 0.05) is 0 Å². The summed E-state index contributed by atoms with van der Waals surface area (Å²) in [6.07, 6.45) is 3.12. The molecule has 124 valence electrons. The molecule has 3 aromatic rings. The number of rotatable bonds is 6. The molecule has 0 amide bonds. The molecule has 0 saturated heterocycles. The summed E-state index contributed by atoms with van der Waals surface area (Å²) in [5, 5.41) is 13.7. The van der Waals surface area contributed by atoms with Gasteiger partial charge in [0.15, 0.2) is 0 Å². The first-order valence-electron chi connectivity index (χ1n) is 8.05. The van der Waals surface area contributed by atoms with E-state index in [0.29, 0.717) is 0 Å². The maximum Gasteiger partial charge on any atom is 0.0948 e. The standard InChI is InChI=1S/C22H19NOS/c24-23-17-10-18-25-22(19-11-4-1-5-12-19,20-13-6-2-7-14-20)21-15-8-3-9-16-21/h1-18,24H/b18-10-,23-17-. The first kappa shape index (κ1) is 17.1. The van der Waals surface area contributed by atoms with Crippen LogP contribution in [-0.4, -0.2) is 11.4 Å². The van der Waals surface area contributed by atoms with Crippen LogP contribution in [0.5, 0.6) is 0 Å². The summed E-state index contributed by atoms with van der Waals surface area (Å²) < 4.78 is -0.385. The zero-order valence-corrected chi connectivity index (χ0v) is 14.5. The molecule has 0 bridgehead atoms.